The molecule has 0 saturated carbocycles. The average molecular weight is 328 g/mol. The van der Waals surface area contributed by atoms with Gasteiger partial charge in [0.2, 0.25) is 0 Å². The second-order valence-electron chi connectivity index (χ2n) is 5.67. The summed E-state index contributed by atoms with van der Waals surface area (Å²) in [5, 5.41) is 8.05. The van der Waals surface area contributed by atoms with Gasteiger partial charge in [0.25, 0.3) is 0 Å². The van der Waals surface area contributed by atoms with E-state index < -0.39 is 0 Å². The van der Waals surface area contributed by atoms with Crippen LogP contribution < -0.4 is 4.74 Å². The van der Waals surface area contributed by atoms with Crippen LogP contribution in [0.5, 0.6) is 5.75 Å². The molecule has 23 heavy (non-hydrogen) atoms. The van der Waals surface area contributed by atoms with Gasteiger partial charge in [0.05, 0.1) is 22.5 Å². The fraction of sp³-hybridized carbons (Fsp3) is 0.222. The topological polar surface area (TPSA) is 50.8 Å². The molecule has 0 unspecified atom stereocenters. The van der Waals surface area contributed by atoms with Crippen LogP contribution >= 0.6 is 11.6 Å². The third kappa shape index (κ3) is 3.37. The van der Waals surface area contributed by atoms with Gasteiger partial charge in [0.15, 0.2) is 0 Å². The summed E-state index contributed by atoms with van der Waals surface area (Å²) < 4.78 is 5.66. The van der Waals surface area contributed by atoms with Crippen molar-refractivity contribution in [2.75, 3.05) is 0 Å². The molecule has 1 aromatic carbocycles. The summed E-state index contributed by atoms with van der Waals surface area (Å²) in [6.45, 7) is 5.97. The van der Waals surface area contributed by atoms with Crippen LogP contribution in [-0.2, 0) is 0 Å². The Balaban J connectivity index is 1.92. The summed E-state index contributed by atoms with van der Waals surface area (Å²) in [6.07, 6.45) is 3.70. The molecule has 0 spiro atoms. The predicted octanol–water partition coefficient (Wildman–Crippen LogP) is 4.89. The molecule has 2 aromatic heterocycles. The molecule has 0 amide bonds. The van der Waals surface area contributed by atoms with E-state index in [1.807, 2.05) is 57.3 Å². The van der Waals surface area contributed by atoms with Gasteiger partial charge in [-0.2, -0.15) is 5.10 Å². The lowest BCUT2D eigenvalue weighted by Crippen LogP contribution is -2.05. The zero-order chi connectivity index (χ0) is 16.4. The highest BCUT2D eigenvalue weighted by molar-refractivity contribution is 6.32. The fourth-order valence-electron chi connectivity index (χ4n) is 2.39. The molecule has 0 aliphatic rings. The Hall–Kier alpha value is -2.33. The lowest BCUT2D eigenvalue weighted by molar-refractivity contribution is 0.242. The predicted molar refractivity (Wildman–Crippen MR) is 92.8 cm³/mol. The lowest BCUT2D eigenvalue weighted by atomic mass is 10.1. The number of aromatic amines is 1. The molecule has 1 N–H and O–H groups in total. The maximum absolute atomic E-state index is 6.30. The minimum absolute atomic E-state index is 0.0880. The van der Waals surface area contributed by atoms with E-state index in [2.05, 4.69) is 15.2 Å². The van der Waals surface area contributed by atoms with Crippen molar-refractivity contribution < 1.29 is 4.74 Å². The Morgan fingerprint density at radius 1 is 1.17 bits per heavy atom. The number of rotatable bonds is 4. The minimum atomic E-state index is 0.0880. The van der Waals surface area contributed by atoms with Crippen LogP contribution in [0.1, 0.15) is 19.4 Å². The normalized spacial score (nSPS) is 11.0. The quantitative estimate of drug-likeness (QED) is 0.742. The highest BCUT2D eigenvalue weighted by Gasteiger charge is 2.11. The Morgan fingerprint density at radius 3 is 2.70 bits per heavy atom. The molecule has 0 aliphatic carbocycles. The fourth-order valence-corrected chi connectivity index (χ4v) is 2.62. The molecule has 118 valence electrons. The van der Waals surface area contributed by atoms with Crippen LogP contribution in [-0.4, -0.2) is 21.3 Å². The van der Waals surface area contributed by atoms with Gasteiger partial charge in [-0.25, -0.2) is 0 Å². The number of nitrogens with one attached hydrogen (secondary N) is 1. The maximum atomic E-state index is 6.30. The molecular weight excluding hydrogens is 310 g/mol. The van der Waals surface area contributed by atoms with Crippen molar-refractivity contribution in [2.45, 2.75) is 26.9 Å². The van der Waals surface area contributed by atoms with Crippen molar-refractivity contribution in [2.24, 2.45) is 0 Å². The Morgan fingerprint density at radius 2 is 2.00 bits per heavy atom. The second-order valence-corrected chi connectivity index (χ2v) is 6.08. The van der Waals surface area contributed by atoms with Gasteiger partial charge in [-0.05, 0) is 56.7 Å². The Labute approximate surface area is 140 Å². The summed E-state index contributed by atoms with van der Waals surface area (Å²) in [4.78, 5) is 4.11. The minimum Gasteiger partial charge on any atom is -0.489 e. The monoisotopic (exact) mass is 327 g/mol. The van der Waals surface area contributed by atoms with Gasteiger partial charge in [-0.3, -0.25) is 10.1 Å². The van der Waals surface area contributed by atoms with Gasteiger partial charge in [-0.1, -0.05) is 11.6 Å². The molecule has 0 fully saturated rings. The molecule has 4 nitrogen and oxygen atoms in total. The lowest BCUT2D eigenvalue weighted by Gasteiger charge is -2.11. The summed E-state index contributed by atoms with van der Waals surface area (Å²) in [5.74, 6) is 0.686. The number of nitrogens with zero attached hydrogens (tertiary/aromatic N) is 2. The van der Waals surface area contributed by atoms with Crippen molar-refractivity contribution in [1.29, 1.82) is 0 Å². The Kier molecular flexibility index (Phi) is 4.35. The van der Waals surface area contributed by atoms with E-state index in [4.69, 9.17) is 16.3 Å². The smallest absolute Gasteiger partial charge is 0.138 e. The first-order chi connectivity index (χ1) is 11.0. The van der Waals surface area contributed by atoms with E-state index in [1.165, 1.54) is 0 Å². The first-order valence-corrected chi connectivity index (χ1v) is 7.85. The molecular formula is C18H18ClN3O. The van der Waals surface area contributed by atoms with E-state index >= 15 is 0 Å². The molecule has 0 saturated heterocycles. The van der Waals surface area contributed by atoms with Crippen LogP contribution in [0.3, 0.4) is 0 Å². The average Bonchev–Trinajstić information content (AvgIpc) is 2.99. The summed E-state index contributed by atoms with van der Waals surface area (Å²) in [7, 11) is 0. The van der Waals surface area contributed by atoms with Gasteiger partial charge in [0.1, 0.15) is 5.75 Å². The molecule has 0 atom stereocenters. The number of benzene rings is 1. The largest absolute Gasteiger partial charge is 0.489 e. The number of H-pyrrole nitrogens is 1. The molecule has 3 rings (SSSR count). The van der Waals surface area contributed by atoms with Crippen molar-refractivity contribution in [1.82, 2.24) is 15.2 Å². The first kappa shape index (κ1) is 15.6. The highest BCUT2D eigenvalue weighted by atomic mass is 35.5. The van der Waals surface area contributed by atoms with Crippen LogP contribution in [0.25, 0.3) is 22.5 Å². The molecule has 0 aliphatic heterocycles. The standard InChI is InChI=1S/C18H18ClN3O/c1-11(2)23-18-5-4-13(8-15(18)19)16-9-17(22-21-16)14-6-7-20-10-12(14)3/h4-11H,1-3H3,(H,21,22). The third-order valence-corrected chi connectivity index (χ3v) is 3.77. The zero-order valence-corrected chi connectivity index (χ0v) is 14.1. The third-order valence-electron chi connectivity index (χ3n) is 3.48. The first-order valence-electron chi connectivity index (χ1n) is 7.47. The van der Waals surface area contributed by atoms with E-state index in [-0.39, 0.29) is 6.10 Å². The van der Waals surface area contributed by atoms with E-state index in [1.54, 1.807) is 6.20 Å². The van der Waals surface area contributed by atoms with Crippen LogP contribution in [0.15, 0.2) is 42.7 Å². The van der Waals surface area contributed by atoms with Gasteiger partial charge >= 0.3 is 0 Å². The number of halogens is 1. The van der Waals surface area contributed by atoms with Crippen molar-refractivity contribution in [3.05, 3.63) is 53.3 Å². The van der Waals surface area contributed by atoms with E-state index in [9.17, 15) is 0 Å². The molecule has 2 heterocycles. The highest BCUT2D eigenvalue weighted by Crippen LogP contribution is 2.32. The van der Waals surface area contributed by atoms with Gasteiger partial charge in [0, 0.05) is 23.5 Å². The number of ether oxygens (including phenoxy) is 1. The molecule has 0 radical (unpaired) electrons. The summed E-state index contributed by atoms with van der Waals surface area (Å²) >= 11 is 6.30. The number of pyridine rings is 1. The zero-order valence-electron chi connectivity index (χ0n) is 13.3. The summed E-state index contributed by atoms with van der Waals surface area (Å²) in [6, 6.07) is 9.70. The van der Waals surface area contributed by atoms with Crippen LogP contribution in [0.2, 0.25) is 5.02 Å². The SMILES string of the molecule is Cc1cnccc1-c1cc(-c2ccc(OC(C)C)c(Cl)c2)n[nH]1. The number of hydrogen-bond acceptors (Lipinski definition) is 3. The van der Waals surface area contributed by atoms with Gasteiger partial charge < -0.3 is 4.74 Å². The van der Waals surface area contributed by atoms with Crippen molar-refractivity contribution in [3.63, 3.8) is 0 Å². The molecule has 3 aromatic rings. The van der Waals surface area contributed by atoms with Crippen molar-refractivity contribution >= 4 is 11.6 Å². The van der Waals surface area contributed by atoms with Crippen molar-refractivity contribution in [3.8, 4) is 28.3 Å². The molecule has 5 heteroatoms. The van der Waals surface area contributed by atoms with Crippen LogP contribution in [0, 0.1) is 6.92 Å². The number of aromatic nitrogens is 3. The Bertz CT molecular complexity index is 827. The number of aryl methyl sites for hydroxylation is 1. The van der Waals surface area contributed by atoms with Crippen LogP contribution in [0.4, 0.5) is 0 Å². The second kappa shape index (κ2) is 6.42. The number of hydrogen-bond donors (Lipinski definition) is 1. The molecule has 0 bridgehead atoms. The van der Waals surface area contributed by atoms with Gasteiger partial charge in [-0.15, -0.1) is 0 Å². The van der Waals surface area contributed by atoms with E-state index in [0.29, 0.717) is 10.8 Å². The summed E-state index contributed by atoms with van der Waals surface area (Å²) in [5.41, 5.74) is 4.93. The van der Waals surface area contributed by atoms with E-state index in [0.717, 1.165) is 28.1 Å². The maximum Gasteiger partial charge on any atom is 0.138 e.